The van der Waals surface area contributed by atoms with Crippen molar-refractivity contribution in [2.75, 3.05) is 0 Å². The summed E-state index contributed by atoms with van der Waals surface area (Å²) in [5.41, 5.74) is 4.95. The van der Waals surface area contributed by atoms with Crippen molar-refractivity contribution in [3.05, 3.63) is 59.4 Å². The molecule has 0 aliphatic rings. The summed E-state index contributed by atoms with van der Waals surface area (Å²) in [5.74, 6) is -0.600. The van der Waals surface area contributed by atoms with E-state index in [1.54, 1.807) is 0 Å². The average Bonchev–Trinajstić information content (AvgIpc) is 2.37. The number of halogens is 4. The van der Waals surface area contributed by atoms with Crippen LogP contribution in [0.2, 0.25) is 0 Å². The molecule has 0 fully saturated rings. The van der Waals surface area contributed by atoms with E-state index in [9.17, 15) is 17.6 Å². The fourth-order valence-corrected chi connectivity index (χ4v) is 1.86. The second kappa shape index (κ2) is 5.01. The molecule has 5 heteroatoms. The average molecular weight is 269 g/mol. The van der Waals surface area contributed by atoms with Crippen molar-refractivity contribution in [3.63, 3.8) is 0 Å². The van der Waals surface area contributed by atoms with Crippen LogP contribution in [0, 0.1) is 5.82 Å². The van der Waals surface area contributed by atoms with Gasteiger partial charge < -0.3 is 5.73 Å². The molecule has 0 amide bonds. The van der Waals surface area contributed by atoms with Crippen LogP contribution in [0.5, 0.6) is 0 Å². The summed E-state index contributed by atoms with van der Waals surface area (Å²) in [4.78, 5) is 0. The van der Waals surface area contributed by atoms with Gasteiger partial charge in [-0.05, 0) is 23.3 Å². The van der Waals surface area contributed by atoms with Crippen molar-refractivity contribution in [1.29, 1.82) is 0 Å². The molecule has 0 spiro atoms. The smallest absolute Gasteiger partial charge is 0.326 e. The first-order chi connectivity index (χ1) is 8.93. The molecule has 1 nitrogen and oxygen atoms in total. The minimum atomic E-state index is -4.47. The SMILES string of the molecule is NCc1ccc(-c2ccccc2C(F)(F)F)cc1F. The van der Waals surface area contributed by atoms with E-state index in [1.807, 2.05) is 0 Å². The van der Waals surface area contributed by atoms with Crippen LogP contribution in [-0.4, -0.2) is 0 Å². The van der Waals surface area contributed by atoms with Crippen molar-refractivity contribution in [3.8, 4) is 11.1 Å². The van der Waals surface area contributed by atoms with Gasteiger partial charge in [0.05, 0.1) is 5.56 Å². The summed E-state index contributed by atoms with van der Waals surface area (Å²) in [6.45, 7) is 0.00698. The molecule has 0 bridgehead atoms. The molecule has 2 rings (SSSR count). The number of hydrogen-bond donors (Lipinski definition) is 1. The Balaban J connectivity index is 2.57. The Morgan fingerprint density at radius 3 is 2.26 bits per heavy atom. The van der Waals surface area contributed by atoms with Crippen LogP contribution < -0.4 is 5.73 Å². The van der Waals surface area contributed by atoms with Crippen molar-refractivity contribution >= 4 is 0 Å². The third-order valence-electron chi connectivity index (χ3n) is 2.82. The second-order valence-corrected chi connectivity index (χ2v) is 4.05. The van der Waals surface area contributed by atoms with Crippen LogP contribution in [0.15, 0.2) is 42.5 Å². The van der Waals surface area contributed by atoms with Crippen LogP contribution in [0.3, 0.4) is 0 Å². The zero-order valence-electron chi connectivity index (χ0n) is 9.84. The zero-order chi connectivity index (χ0) is 14.0. The van der Waals surface area contributed by atoms with Gasteiger partial charge in [-0.25, -0.2) is 4.39 Å². The number of nitrogens with two attached hydrogens (primary N) is 1. The van der Waals surface area contributed by atoms with Gasteiger partial charge in [-0.15, -0.1) is 0 Å². The van der Waals surface area contributed by atoms with E-state index in [1.165, 1.54) is 30.3 Å². The van der Waals surface area contributed by atoms with E-state index in [-0.39, 0.29) is 23.2 Å². The van der Waals surface area contributed by atoms with Crippen molar-refractivity contribution in [2.45, 2.75) is 12.7 Å². The van der Waals surface area contributed by atoms with Crippen molar-refractivity contribution in [2.24, 2.45) is 5.73 Å². The summed E-state index contributed by atoms with van der Waals surface area (Å²) in [6, 6.07) is 9.00. The molecular formula is C14H11F4N. The first kappa shape index (κ1) is 13.5. The normalized spacial score (nSPS) is 11.6. The Morgan fingerprint density at radius 1 is 1.00 bits per heavy atom. The molecule has 0 aliphatic carbocycles. The van der Waals surface area contributed by atoms with Crippen LogP contribution in [0.4, 0.5) is 17.6 Å². The first-order valence-electron chi connectivity index (χ1n) is 5.58. The molecule has 2 aromatic carbocycles. The van der Waals surface area contributed by atoms with Crippen LogP contribution in [-0.2, 0) is 12.7 Å². The molecule has 19 heavy (non-hydrogen) atoms. The fourth-order valence-electron chi connectivity index (χ4n) is 1.86. The van der Waals surface area contributed by atoms with Crippen LogP contribution in [0.25, 0.3) is 11.1 Å². The van der Waals surface area contributed by atoms with Crippen molar-refractivity contribution in [1.82, 2.24) is 0 Å². The van der Waals surface area contributed by atoms with Gasteiger partial charge in [0.15, 0.2) is 0 Å². The number of rotatable bonds is 2. The summed E-state index contributed by atoms with van der Waals surface area (Å²) in [5, 5.41) is 0. The Hall–Kier alpha value is -1.88. The van der Waals surface area contributed by atoms with Gasteiger partial charge in [0, 0.05) is 12.1 Å². The largest absolute Gasteiger partial charge is 0.417 e. The molecule has 0 unspecified atom stereocenters. The molecule has 0 heterocycles. The number of hydrogen-bond acceptors (Lipinski definition) is 1. The lowest BCUT2D eigenvalue weighted by molar-refractivity contribution is -0.137. The van der Waals surface area contributed by atoms with Crippen LogP contribution in [0.1, 0.15) is 11.1 Å². The van der Waals surface area contributed by atoms with Gasteiger partial charge in [-0.3, -0.25) is 0 Å². The monoisotopic (exact) mass is 269 g/mol. The minimum absolute atomic E-state index is 0.00698. The Kier molecular flexibility index (Phi) is 3.57. The third kappa shape index (κ3) is 2.76. The molecule has 100 valence electrons. The highest BCUT2D eigenvalue weighted by Gasteiger charge is 2.33. The van der Waals surface area contributed by atoms with E-state index in [0.717, 1.165) is 12.1 Å². The van der Waals surface area contributed by atoms with Gasteiger partial charge in [-0.2, -0.15) is 13.2 Å². The maximum atomic E-state index is 13.6. The molecule has 0 atom stereocenters. The number of alkyl halides is 3. The lowest BCUT2D eigenvalue weighted by Gasteiger charge is -2.13. The lowest BCUT2D eigenvalue weighted by atomic mass is 9.98. The number of benzene rings is 2. The maximum absolute atomic E-state index is 13.6. The molecular weight excluding hydrogens is 258 g/mol. The zero-order valence-corrected chi connectivity index (χ0v) is 9.84. The highest BCUT2D eigenvalue weighted by atomic mass is 19.4. The predicted molar refractivity (Wildman–Crippen MR) is 64.7 cm³/mol. The van der Waals surface area contributed by atoms with E-state index >= 15 is 0 Å². The fraction of sp³-hybridized carbons (Fsp3) is 0.143. The van der Waals surface area contributed by atoms with Gasteiger partial charge in [0.2, 0.25) is 0 Å². The Labute approximate surface area is 107 Å². The summed E-state index contributed by atoms with van der Waals surface area (Å²) >= 11 is 0. The molecule has 0 aromatic heterocycles. The standard InChI is InChI=1S/C14H11F4N/c15-13-7-9(5-6-10(13)8-19)11-3-1-2-4-12(11)14(16,17)18/h1-7H,8,19H2. The first-order valence-corrected chi connectivity index (χ1v) is 5.58. The summed E-state index contributed by atoms with van der Waals surface area (Å²) in [6.07, 6.45) is -4.47. The highest BCUT2D eigenvalue weighted by Crippen LogP contribution is 2.37. The van der Waals surface area contributed by atoms with Gasteiger partial charge in [0.25, 0.3) is 0 Å². The topological polar surface area (TPSA) is 26.0 Å². The maximum Gasteiger partial charge on any atom is 0.417 e. The summed E-state index contributed by atoms with van der Waals surface area (Å²) in [7, 11) is 0. The van der Waals surface area contributed by atoms with E-state index in [4.69, 9.17) is 5.73 Å². The third-order valence-corrected chi connectivity index (χ3v) is 2.82. The van der Waals surface area contributed by atoms with Crippen LogP contribution >= 0.6 is 0 Å². The molecule has 2 aromatic rings. The van der Waals surface area contributed by atoms with Gasteiger partial charge in [0.1, 0.15) is 5.82 Å². The molecule has 2 N–H and O–H groups in total. The predicted octanol–water partition coefficient (Wildman–Crippen LogP) is 3.97. The van der Waals surface area contributed by atoms with E-state index in [0.29, 0.717) is 0 Å². The summed E-state index contributed by atoms with van der Waals surface area (Å²) < 4.78 is 52.2. The molecule has 0 saturated heterocycles. The Morgan fingerprint density at radius 2 is 1.68 bits per heavy atom. The van der Waals surface area contributed by atoms with E-state index < -0.39 is 17.6 Å². The molecule has 0 aliphatic heterocycles. The minimum Gasteiger partial charge on any atom is -0.326 e. The van der Waals surface area contributed by atoms with Gasteiger partial charge in [-0.1, -0.05) is 30.3 Å². The molecule has 0 saturated carbocycles. The molecule has 0 radical (unpaired) electrons. The highest BCUT2D eigenvalue weighted by molar-refractivity contribution is 5.68. The van der Waals surface area contributed by atoms with Crippen molar-refractivity contribution < 1.29 is 17.6 Å². The van der Waals surface area contributed by atoms with Gasteiger partial charge >= 0.3 is 6.18 Å². The quantitative estimate of drug-likeness (QED) is 0.820. The van der Waals surface area contributed by atoms with E-state index in [2.05, 4.69) is 0 Å². The lowest BCUT2D eigenvalue weighted by Crippen LogP contribution is -2.07. The second-order valence-electron chi connectivity index (χ2n) is 4.05. The Bertz CT molecular complexity index is 590.